The topological polar surface area (TPSA) is 67.6 Å². The fourth-order valence-electron chi connectivity index (χ4n) is 2.35. The molecule has 4 aromatic rings. The van der Waals surface area contributed by atoms with Crippen LogP contribution in [0.1, 0.15) is 11.5 Å². The number of nitrogens with one attached hydrogen (secondary N) is 1. The molecule has 0 radical (unpaired) electrons. The van der Waals surface area contributed by atoms with Gasteiger partial charge in [0.25, 0.3) is 0 Å². The van der Waals surface area contributed by atoms with Crippen LogP contribution >= 0.6 is 23.4 Å². The minimum absolute atomic E-state index is 0.544. The molecule has 24 heavy (non-hydrogen) atoms. The Balaban J connectivity index is 1.56. The molecule has 5 nitrogen and oxygen atoms in total. The van der Waals surface area contributed by atoms with Crippen molar-refractivity contribution in [3.05, 3.63) is 59.2 Å². The lowest BCUT2D eigenvalue weighted by Crippen LogP contribution is -1.86. The van der Waals surface area contributed by atoms with Crippen molar-refractivity contribution in [3.8, 4) is 11.5 Å². The highest BCUT2D eigenvalue weighted by Gasteiger charge is 2.14. The van der Waals surface area contributed by atoms with Gasteiger partial charge in [-0.15, -0.1) is 0 Å². The van der Waals surface area contributed by atoms with Crippen molar-refractivity contribution in [1.82, 2.24) is 19.9 Å². The van der Waals surface area contributed by atoms with Crippen molar-refractivity contribution in [1.29, 1.82) is 0 Å². The zero-order valence-electron chi connectivity index (χ0n) is 12.8. The average Bonchev–Trinajstić information content (AvgIpc) is 3.16. The van der Waals surface area contributed by atoms with Gasteiger partial charge in [0.15, 0.2) is 5.16 Å². The van der Waals surface area contributed by atoms with Crippen LogP contribution in [-0.4, -0.2) is 19.9 Å². The van der Waals surface area contributed by atoms with Crippen LogP contribution in [0.15, 0.2) is 52.3 Å². The fraction of sp³-hybridized carbons (Fsp3) is 0.118. The standard InChI is InChI=1S/C17H13ClN4OS/c1-10-15(20-16(23-10)11-4-2-3-5-12(11)18)9-24-17-21-13-6-7-19-8-14(13)22-17/h2-8H,9H2,1H3,(H,21,22). The lowest BCUT2D eigenvalue weighted by Gasteiger charge is -1.97. The minimum atomic E-state index is 0.544. The maximum absolute atomic E-state index is 6.21. The summed E-state index contributed by atoms with van der Waals surface area (Å²) >= 11 is 7.79. The summed E-state index contributed by atoms with van der Waals surface area (Å²) in [6.07, 6.45) is 3.50. The van der Waals surface area contributed by atoms with Crippen molar-refractivity contribution >= 4 is 34.4 Å². The number of hydrogen-bond acceptors (Lipinski definition) is 5. The lowest BCUT2D eigenvalue weighted by atomic mass is 10.2. The molecule has 120 valence electrons. The zero-order valence-corrected chi connectivity index (χ0v) is 14.4. The molecule has 0 atom stereocenters. The first-order chi connectivity index (χ1) is 11.7. The van der Waals surface area contributed by atoms with E-state index in [4.69, 9.17) is 16.0 Å². The molecule has 7 heteroatoms. The summed E-state index contributed by atoms with van der Waals surface area (Å²) in [5.74, 6) is 1.99. The lowest BCUT2D eigenvalue weighted by molar-refractivity contribution is 0.540. The number of aromatic nitrogens is 4. The van der Waals surface area contributed by atoms with Gasteiger partial charge in [-0.3, -0.25) is 4.98 Å². The van der Waals surface area contributed by atoms with E-state index in [1.807, 2.05) is 37.3 Å². The van der Waals surface area contributed by atoms with Gasteiger partial charge < -0.3 is 9.40 Å². The Bertz CT molecular complexity index is 978. The Kier molecular flexibility index (Phi) is 4.00. The maximum atomic E-state index is 6.21. The van der Waals surface area contributed by atoms with Crippen LogP contribution in [0.4, 0.5) is 0 Å². The number of aromatic amines is 1. The van der Waals surface area contributed by atoms with Crippen LogP contribution in [0.2, 0.25) is 5.02 Å². The number of imidazole rings is 1. The molecule has 0 aliphatic rings. The van der Waals surface area contributed by atoms with Gasteiger partial charge in [-0.1, -0.05) is 35.5 Å². The molecular formula is C17H13ClN4OS. The minimum Gasteiger partial charge on any atom is -0.441 e. The quantitative estimate of drug-likeness (QED) is 0.528. The predicted octanol–water partition coefficient (Wildman–Crippen LogP) is 4.87. The Labute approximate surface area is 147 Å². The molecule has 0 fully saturated rings. The van der Waals surface area contributed by atoms with Gasteiger partial charge in [0.1, 0.15) is 5.76 Å². The number of pyridine rings is 1. The molecule has 3 heterocycles. The maximum Gasteiger partial charge on any atom is 0.228 e. The number of H-pyrrole nitrogens is 1. The number of oxazole rings is 1. The molecule has 0 aliphatic carbocycles. The molecule has 0 saturated carbocycles. The monoisotopic (exact) mass is 356 g/mol. The van der Waals surface area contributed by atoms with Crippen molar-refractivity contribution in [2.24, 2.45) is 0 Å². The van der Waals surface area contributed by atoms with E-state index in [2.05, 4.69) is 19.9 Å². The number of thioether (sulfide) groups is 1. The second-order valence-electron chi connectivity index (χ2n) is 5.23. The summed E-state index contributed by atoms with van der Waals surface area (Å²) < 4.78 is 5.78. The Morgan fingerprint density at radius 1 is 1.21 bits per heavy atom. The first-order valence-electron chi connectivity index (χ1n) is 7.34. The highest BCUT2D eigenvalue weighted by molar-refractivity contribution is 7.98. The molecule has 0 saturated heterocycles. The SMILES string of the molecule is Cc1oc(-c2ccccc2Cl)nc1CSc1nc2ccncc2[nH]1. The molecule has 1 N–H and O–H groups in total. The third-order valence-corrected chi connectivity index (χ3v) is 4.82. The van der Waals surface area contributed by atoms with E-state index in [1.165, 1.54) is 0 Å². The van der Waals surface area contributed by atoms with Crippen LogP contribution in [0.5, 0.6) is 0 Å². The van der Waals surface area contributed by atoms with Gasteiger partial charge >= 0.3 is 0 Å². The molecule has 1 aromatic carbocycles. The first kappa shape index (κ1) is 15.2. The van der Waals surface area contributed by atoms with Crippen LogP contribution in [-0.2, 0) is 5.75 Å². The summed E-state index contributed by atoms with van der Waals surface area (Å²) in [5.41, 5.74) is 3.51. The molecule has 0 unspecified atom stereocenters. The van der Waals surface area contributed by atoms with E-state index in [1.54, 1.807) is 24.2 Å². The molecule has 3 aromatic heterocycles. The van der Waals surface area contributed by atoms with E-state index < -0.39 is 0 Å². The van der Waals surface area contributed by atoms with E-state index in [0.717, 1.165) is 33.2 Å². The number of benzene rings is 1. The van der Waals surface area contributed by atoms with Gasteiger partial charge in [0.05, 0.1) is 33.5 Å². The van der Waals surface area contributed by atoms with Gasteiger partial charge in [-0.05, 0) is 25.1 Å². The van der Waals surface area contributed by atoms with E-state index in [-0.39, 0.29) is 0 Å². The number of aryl methyl sites for hydroxylation is 1. The summed E-state index contributed by atoms with van der Waals surface area (Å²) in [6, 6.07) is 9.41. The molecule has 4 rings (SSSR count). The number of nitrogens with zero attached hydrogens (tertiary/aromatic N) is 3. The number of hydrogen-bond donors (Lipinski definition) is 1. The van der Waals surface area contributed by atoms with Crippen molar-refractivity contribution in [2.45, 2.75) is 17.8 Å². The van der Waals surface area contributed by atoms with E-state index in [0.29, 0.717) is 16.7 Å². The second kappa shape index (κ2) is 6.30. The van der Waals surface area contributed by atoms with Crippen molar-refractivity contribution in [2.75, 3.05) is 0 Å². The van der Waals surface area contributed by atoms with E-state index >= 15 is 0 Å². The summed E-state index contributed by atoms with van der Waals surface area (Å²) in [6.45, 7) is 1.91. The molecule has 0 bridgehead atoms. The van der Waals surface area contributed by atoms with Gasteiger partial charge in [0, 0.05) is 11.9 Å². The highest BCUT2D eigenvalue weighted by atomic mass is 35.5. The molecule has 0 aliphatic heterocycles. The van der Waals surface area contributed by atoms with Crippen molar-refractivity contribution in [3.63, 3.8) is 0 Å². The third kappa shape index (κ3) is 2.90. The largest absolute Gasteiger partial charge is 0.441 e. The Morgan fingerprint density at radius 2 is 2.08 bits per heavy atom. The van der Waals surface area contributed by atoms with Crippen LogP contribution < -0.4 is 0 Å². The Morgan fingerprint density at radius 3 is 2.92 bits per heavy atom. The number of halogens is 1. The normalized spacial score (nSPS) is 11.2. The third-order valence-electron chi connectivity index (χ3n) is 3.60. The molecule has 0 amide bonds. The van der Waals surface area contributed by atoms with Gasteiger partial charge in [-0.25, -0.2) is 9.97 Å². The molecular weight excluding hydrogens is 344 g/mol. The average molecular weight is 357 g/mol. The van der Waals surface area contributed by atoms with Crippen molar-refractivity contribution < 1.29 is 4.42 Å². The molecule has 0 spiro atoms. The van der Waals surface area contributed by atoms with Crippen LogP contribution in [0.3, 0.4) is 0 Å². The zero-order chi connectivity index (χ0) is 16.5. The summed E-state index contributed by atoms with van der Waals surface area (Å²) in [7, 11) is 0. The van der Waals surface area contributed by atoms with E-state index in [9.17, 15) is 0 Å². The van der Waals surface area contributed by atoms with Gasteiger partial charge in [0.2, 0.25) is 5.89 Å². The number of rotatable bonds is 4. The Hall–Kier alpha value is -2.31. The number of fused-ring (bicyclic) bond motifs is 1. The smallest absolute Gasteiger partial charge is 0.228 e. The predicted molar refractivity (Wildman–Crippen MR) is 95.1 cm³/mol. The summed E-state index contributed by atoms with van der Waals surface area (Å²) in [5, 5.41) is 1.46. The first-order valence-corrected chi connectivity index (χ1v) is 8.71. The van der Waals surface area contributed by atoms with Crippen LogP contribution in [0.25, 0.3) is 22.5 Å². The second-order valence-corrected chi connectivity index (χ2v) is 6.60. The van der Waals surface area contributed by atoms with Crippen LogP contribution in [0, 0.1) is 6.92 Å². The summed E-state index contributed by atoms with van der Waals surface area (Å²) in [4.78, 5) is 16.4. The van der Waals surface area contributed by atoms with Gasteiger partial charge in [-0.2, -0.15) is 0 Å². The fourth-order valence-corrected chi connectivity index (χ4v) is 3.45. The highest BCUT2D eigenvalue weighted by Crippen LogP contribution is 2.30.